The van der Waals surface area contributed by atoms with Gasteiger partial charge in [-0.05, 0) is 45.6 Å². The fourth-order valence-corrected chi connectivity index (χ4v) is 3.93. The van der Waals surface area contributed by atoms with Gasteiger partial charge in [-0.2, -0.15) is 0 Å². The molecule has 1 aliphatic rings. The Kier molecular flexibility index (Phi) is 9.53. The third-order valence-electron chi connectivity index (χ3n) is 4.81. The number of benzene rings is 2. The molecule has 0 aromatic heterocycles. The maximum absolute atomic E-state index is 5.29. The molecule has 5 nitrogen and oxygen atoms in total. The Morgan fingerprint density at radius 3 is 2.61 bits per heavy atom. The lowest BCUT2D eigenvalue weighted by Gasteiger charge is -2.21. The topological polar surface area (TPSA) is 48.9 Å². The minimum atomic E-state index is 0. The summed E-state index contributed by atoms with van der Waals surface area (Å²) < 4.78 is 6.43. The highest BCUT2D eigenvalue weighted by Crippen LogP contribution is 2.28. The summed E-state index contributed by atoms with van der Waals surface area (Å²) in [6, 6.07) is 17.1. The maximum atomic E-state index is 5.29. The van der Waals surface area contributed by atoms with Crippen LogP contribution in [0.1, 0.15) is 17.5 Å². The largest absolute Gasteiger partial charge is 0.380 e. The van der Waals surface area contributed by atoms with Crippen LogP contribution >= 0.6 is 39.9 Å². The molecule has 1 saturated heterocycles. The summed E-state index contributed by atoms with van der Waals surface area (Å²) in [6.07, 6.45) is 1.09. The Bertz CT molecular complexity index is 787. The van der Waals surface area contributed by atoms with Crippen molar-refractivity contribution in [3.05, 3.63) is 64.1 Å². The third-order valence-corrected chi connectivity index (χ3v) is 5.48. The van der Waals surface area contributed by atoms with Crippen LogP contribution in [-0.4, -0.2) is 39.2 Å². The molecule has 2 N–H and O–H groups in total. The summed E-state index contributed by atoms with van der Waals surface area (Å²) in [7, 11) is 3.54. The van der Waals surface area contributed by atoms with Gasteiger partial charge in [0.05, 0.1) is 12.3 Å². The number of guanidine groups is 1. The molecule has 0 aliphatic carbocycles. The van der Waals surface area contributed by atoms with E-state index in [0.717, 1.165) is 36.5 Å². The number of nitrogens with zero attached hydrogens (tertiary/aromatic N) is 2. The lowest BCUT2D eigenvalue weighted by Crippen LogP contribution is -2.44. The molecule has 0 radical (unpaired) electrons. The third kappa shape index (κ3) is 6.09. The van der Waals surface area contributed by atoms with Gasteiger partial charge in [0.15, 0.2) is 5.96 Å². The van der Waals surface area contributed by atoms with E-state index in [4.69, 9.17) is 4.74 Å². The van der Waals surface area contributed by atoms with E-state index < -0.39 is 0 Å². The smallest absolute Gasteiger partial charge is 0.191 e. The summed E-state index contributed by atoms with van der Waals surface area (Å²) in [4.78, 5) is 6.80. The van der Waals surface area contributed by atoms with Crippen LogP contribution in [0.15, 0.2) is 58.0 Å². The van der Waals surface area contributed by atoms with Crippen molar-refractivity contribution in [1.29, 1.82) is 0 Å². The zero-order chi connectivity index (χ0) is 19.1. The first-order valence-corrected chi connectivity index (χ1v) is 10.0. The normalized spacial score (nSPS) is 16.6. The monoisotopic (exact) mass is 558 g/mol. The van der Waals surface area contributed by atoms with E-state index in [1.165, 1.54) is 16.8 Å². The molecule has 1 aliphatic heterocycles. The second-order valence-electron chi connectivity index (χ2n) is 6.65. The van der Waals surface area contributed by atoms with Crippen molar-refractivity contribution in [2.24, 2.45) is 4.99 Å². The highest BCUT2D eigenvalue weighted by Gasteiger charge is 2.24. The molecule has 1 heterocycles. The Hall–Kier alpha value is -1.32. The summed E-state index contributed by atoms with van der Waals surface area (Å²) in [5.74, 6) is 0.834. The minimum Gasteiger partial charge on any atom is -0.380 e. The van der Waals surface area contributed by atoms with Crippen LogP contribution < -0.4 is 15.5 Å². The molecular weight excluding hydrogens is 531 g/mol. The van der Waals surface area contributed by atoms with Crippen molar-refractivity contribution < 1.29 is 4.74 Å². The number of rotatable bonds is 6. The van der Waals surface area contributed by atoms with Crippen molar-refractivity contribution in [1.82, 2.24) is 10.6 Å². The molecule has 28 heavy (non-hydrogen) atoms. The van der Waals surface area contributed by atoms with Crippen LogP contribution in [0.4, 0.5) is 5.69 Å². The lowest BCUT2D eigenvalue weighted by molar-refractivity contribution is 0.184. The maximum Gasteiger partial charge on any atom is 0.191 e. The average molecular weight is 559 g/mol. The van der Waals surface area contributed by atoms with Crippen molar-refractivity contribution in [3.63, 3.8) is 0 Å². The van der Waals surface area contributed by atoms with E-state index in [0.29, 0.717) is 12.6 Å². The molecule has 2 aromatic carbocycles. The Morgan fingerprint density at radius 2 is 1.89 bits per heavy atom. The van der Waals surface area contributed by atoms with Crippen LogP contribution in [-0.2, 0) is 17.9 Å². The first kappa shape index (κ1) is 23.0. The lowest BCUT2D eigenvalue weighted by atomic mass is 10.1. The van der Waals surface area contributed by atoms with E-state index in [-0.39, 0.29) is 24.0 Å². The SMILES string of the molecule is CN=C(NCc1ccccc1COC)NC1CCN(c2ccccc2Br)C1.I. The molecule has 1 unspecified atom stereocenters. The van der Waals surface area contributed by atoms with E-state index in [1.54, 1.807) is 7.11 Å². The number of aliphatic imine (C=N–C) groups is 1. The molecule has 0 spiro atoms. The molecule has 7 heteroatoms. The second-order valence-corrected chi connectivity index (χ2v) is 7.51. The standard InChI is InChI=1S/C21H27BrN4O.HI/c1-23-21(24-13-16-7-3-4-8-17(16)15-27-2)25-18-11-12-26(14-18)20-10-6-5-9-19(20)22;/h3-10,18H,11-15H2,1-2H3,(H2,23,24,25);1H. The molecule has 0 saturated carbocycles. The zero-order valence-electron chi connectivity index (χ0n) is 16.3. The highest BCUT2D eigenvalue weighted by atomic mass is 127. The van der Waals surface area contributed by atoms with Gasteiger partial charge in [0, 0.05) is 44.3 Å². The Labute approximate surface area is 193 Å². The van der Waals surface area contributed by atoms with Gasteiger partial charge < -0.3 is 20.3 Å². The summed E-state index contributed by atoms with van der Waals surface area (Å²) >= 11 is 3.65. The van der Waals surface area contributed by atoms with Crippen molar-refractivity contribution >= 4 is 51.6 Å². The van der Waals surface area contributed by atoms with Crippen molar-refractivity contribution in [2.45, 2.75) is 25.6 Å². The van der Waals surface area contributed by atoms with Gasteiger partial charge >= 0.3 is 0 Å². The summed E-state index contributed by atoms with van der Waals surface area (Å²) in [5, 5.41) is 6.99. The average Bonchev–Trinajstić information content (AvgIpc) is 3.15. The first-order valence-electron chi connectivity index (χ1n) is 9.23. The number of hydrogen-bond acceptors (Lipinski definition) is 3. The number of hydrogen-bond donors (Lipinski definition) is 2. The predicted molar refractivity (Wildman–Crippen MR) is 131 cm³/mol. The quantitative estimate of drug-likeness (QED) is 0.317. The van der Waals surface area contributed by atoms with Gasteiger partial charge in [-0.15, -0.1) is 24.0 Å². The van der Waals surface area contributed by atoms with Gasteiger partial charge in [-0.25, -0.2) is 0 Å². The van der Waals surface area contributed by atoms with E-state index >= 15 is 0 Å². The number of halogens is 2. The van der Waals surface area contributed by atoms with Crippen LogP contribution in [0.5, 0.6) is 0 Å². The Morgan fingerprint density at radius 1 is 1.18 bits per heavy atom. The van der Waals surface area contributed by atoms with Gasteiger partial charge in [-0.1, -0.05) is 36.4 Å². The summed E-state index contributed by atoms with van der Waals surface area (Å²) in [6.45, 7) is 3.34. The summed E-state index contributed by atoms with van der Waals surface area (Å²) in [5.41, 5.74) is 3.67. The molecule has 0 amide bonds. The molecule has 1 atom stereocenters. The number of ether oxygens (including phenoxy) is 1. The second kappa shape index (κ2) is 11.6. The predicted octanol–water partition coefficient (Wildman–Crippen LogP) is 4.16. The molecular formula is C21H28BrIN4O. The van der Waals surface area contributed by atoms with Crippen LogP contribution in [0.2, 0.25) is 0 Å². The van der Waals surface area contributed by atoms with Gasteiger partial charge in [0.1, 0.15) is 0 Å². The van der Waals surface area contributed by atoms with Gasteiger partial charge in [-0.3, -0.25) is 4.99 Å². The van der Waals surface area contributed by atoms with Crippen LogP contribution in [0, 0.1) is 0 Å². The molecule has 3 rings (SSSR count). The van der Waals surface area contributed by atoms with Crippen LogP contribution in [0.25, 0.3) is 0 Å². The zero-order valence-corrected chi connectivity index (χ0v) is 20.2. The van der Waals surface area contributed by atoms with Gasteiger partial charge in [0.25, 0.3) is 0 Å². The van der Waals surface area contributed by atoms with Crippen LogP contribution in [0.3, 0.4) is 0 Å². The number of nitrogens with one attached hydrogen (secondary N) is 2. The fourth-order valence-electron chi connectivity index (χ4n) is 3.40. The highest BCUT2D eigenvalue weighted by molar-refractivity contribution is 14.0. The van der Waals surface area contributed by atoms with E-state index in [9.17, 15) is 0 Å². The van der Waals surface area contributed by atoms with Gasteiger partial charge in [0.2, 0.25) is 0 Å². The van der Waals surface area contributed by atoms with Crippen molar-refractivity contribution in [2.75, 3.05) is 32.1 Å². The molecule has 0 bridgehead atoms. The molecule has 152 valence electrons. The van der Waals surface area contributed by atoms with Crippen molar-refractivity contribution in [3.8, 4) is 0 Å². The van der Waals surface area contributed by atoms with E-state index in [2.05, 4.69) is 72.9 Å². The number of anilines is 1. The first-order chi connectivity index (χ1) is 13.2. The molecule has 1 fully saturated rings. The fraction of sp³-hybridized carbons (Fsp3) is 0.381. The molecule has 2 aromatic rings. The minimum absolute atomic E-state index is 0. The number of para-hydroxylation sites is 1. The number of methoxy groups -OCH3 is 1. The van der Waals surface area contributed by atoms with E-state index in [1.807, 2.05) is 19.2 Å². The Balaban J connectivity index is 0.00000280.